The summed E-state index contributed by atoms with van der Waals surface area (Å²) in [6.07, 6.45) is 7.73. The third kappa shape index (κ3) is 3.19. The molecule has 1 amide bonds. The second kappa shape index (κ2) is 6.72. The molecular formula is C21H26N2O3. The van der Waals surface area contributed by atoms with Crippen LogP contribution in [0.15, 0.2) is 36.4 Å². The SMILES string of the molecule is CC=CC=Cc1ccc2c(c1)C(=O)NC1CNCC21C(=O)OC(C)(C)C. The predicted octanol–water partition coefficient (Wildman–Crippen LogP) is 2.57. The molecular weight excluding hydrogens is 328 g/mol. The number of amides is 1. The quantitative estimate of drug-likeness (QED) is 0.647. The van der Waals surface area contributed by atoms with Gasteiger partial charge in [-0.2, -0.15) is 0 Å². The minimum absolute atomic E-state index is 0.144. The van der Waals surface area contributed by atoms with Gasteiger partial charge in [-0.05, 0) is 44.9 Å². The molecule has 0 aliphatic carbocycles. The van der Waals surface area contributed by atoms with Gasteiger partial charge in [0.05, 0.1) is 6.04 Å². The zero-order chi connectivity index (χ0) is 18.9. The van der Waals surface area contributed by atoms with E-state index in [0.717, 1.165) is 11.1 Å². The second-order valence-electron chi connectivity index (χ2n) is 7.82. The largest absolute Gasteiger partial charge is 0.459 e. The Hall–Kier alpha value is -2.40. The first-order valence-electron chi connectivity index (χ1n) is 8.97. The minimum atomic E-state index is -0.887. The molecule has 0 aromatic heterocycles. The van der Waals surface area contributed by atoms with E-state index in [9.17, 15) is 9.59 Å². The molecule has 1 aromatic carbocycles. The number of esters is 1. The molecule has 3 rings (SSSR count). The van der Waals surface area contributed by atoms with Crippen LogP contribution in [0.5, 0.6) is 0 Å². The molecule has 0 saturated carbocycles. The van der Waals surface area contributed by atoms with Gasteiger partial charge < -0.3 is 15.4 Å². The van der Waals surface area contributed by atoms with E-state index in [2.05, 4.69) is 10.6 Å². The summed E-state index contributed by atoms with van der Waals surface area (Å²) >= 11 is 0. The first-order valence-corrected chi connectivity index (χ1v) is 8.97. The highest BCUT2D eigenvalue weighted by Crippen LogP contribution is 2.39. The van der Waals surface area contributed by atoms with Crippen LogP contribution in [0.3, 0.4) is 0 Å². The first-order chi connectivity index (χ1) is 12.3. The molecule has 2 heterocycles. The number of allylic oxidation sites excluding steroid dienone is 3. The van der Waals surface area contributed by atoms with Gasteiger partial charge in [0.2, 0.25) is 0 Å². The van der Waals surface area contributed by atoms with Crippen LogP contribution in [-0.2, 0) is 14.9 Å². The number of carbonyl (C=O) groups is 2. The van der Waals surface area contributed by atoms with Crippen molar-refractivity contribution in [3.05, 3.63) is 53.1 Å². The normalized spacial score (nSPS) is 25.2. The van der Waals surface area contributed by atoms with Gasteiger partial charge in [-0.25, -0.2) is 0 Å². The molecule has 1 saturated heterocycles. The van der Waals surface area contributed by atoms with E-state index in [1.807, 2.05) is 70.2 Å². The maximum atomic E-state index is 13.1. The molecule has 138 valence electrons. The van der Waals surface area contributed by atoms with E-state index in [1.54, 1.807) is 0 Å². The summed E-state index contributed by atoms with van der Waals surface area (Å²) in [5, 5.41) is 6.25. The molecule has 5 nitrogen and oxygen atoms in total. The number of fused-ring (bicyclic) bond motifs is 3. The molecule has 2 unspecified atom stereocenters. The van der Waals surface area contributed by atoms with Gasteiger partial charge in [0.25, 0.3) is 5.91 Å². The molecule has 0 radical (unpaired) electrons. The zero-order valence-corrected chi connectivity index (χ0v) is 15.8. The smallest absolute Gasteiger partial charge is 0.320 e. The van der Waals surface area contributed by atoms with Crippen molar-refractivity contribution in [1.82, 2.24) is 10.6 Å². The van der Waals surface area contributed by atoms with Gasteiger partial charge in [0, 0.05) is 18.7 Å². The van der Waals surface area contributed by atoms with Gasteiger partial charge in [0.1, 0.15) is 11.0 Å². The van der Waals surface area contributed by atoms with Crippen molar-refractivity contribution in [3.8, 4) is 0 Å². The number of ether oxygens (including phenoxy) is 1. The second-order valence-corrected chi connectivity index (χ2v) is 7.82. The monoisotopic (exact) mass is 354 g/mol. The molecule has 0 spiro atoms. The predicted molar refractivity (Wildman–Crippen MR) is 102 cm³/mol. The average Bonchev–Trinajstić information content (AvgIpc) is 2.98. The summed E-state index contributed by atoms with van der Waals surface area (Å²) in [6.45, 7) is 8.52. The fraction of sp³-hybridized carbons (Fsp3) is 0.429. The Morgan fingerprint density at radius 2 is 2.08 bits per heavy atom. The van der Waals surface area contributed by atoms with E-state index < -0.39 is 11.0 Å². The van der Waals surface area contributed by atoms with Crippen LogP contribution < -0.4 is 10.6 Å². The Labute approximate surface area is 154 Å². The van der Waals surface area contributed by atoms with Crippen molar-refractivity contribution >= 4 is 18.0 Å². The maximum absolute atomic E-state index is 13.1. The fourth-order valence-electron chi connectivity index (χ4n) is 3.62. The molecule has 1 fully saturated rings. The molecule has 26 heavy (non-hydrogen) atoms. The summed E-state index contributed by atoms with van der Waals surface area (Å²) in [6, 6.07) is 5.37. The Balaban J connectivity index is 2.07. The van der Waals surface area contributed by atoms with E-state index in [-0.39, 0.29) is 17.9 Å². The summed E-state index contributed by atoms with van der Waals surface area (Å²) in [4.78, 5) is 25.8. The third-order valence-electron chi connectivity index (χ3n) is 4.78. The van der Waals surface area contributed by atoms with Crippen molar-refractivity contribution in [2.75, 3.05) is 13.1 Å². The lowest BCUT2D eigenvalue weighted by Crippen LogP contribution is -2.60. The van der Waals surface area contributed by atoms with Crippen molar-refractivity contribution in [3.63, 3.8) is 0 Å². The van der Waals surface area contributed by atoms with E-state index in [4.69, 9.17) is 4.74 Å². The van der Waals surface area contributed by atoms with Gasteiger partial charge >= 0.3 is 5.97 Å². The average molecular weight is 354 g/mol. The fourth-order valence-corrected chi connectivity index (χ4v) is 3.62. The van der Waals surface area contributed by atoms with Crippen LogP contribution >= 0.6 is 0 Å². The first kappa shape index (κ1) is 18.4. The molecule has 2 N–H and O–H groups in total. The van der Waals surface area contributed by atoms with Crippen LogP contribution in [0.4, 0.5) is 0 Å². The Bertz CT molecular complexity index is 789. The van der Waals surface area contributed by atoms with Crippen molar-refractivity contribution in [1.29, 1.82) is 0 Å². The highest BCUT2D eigenvalue weighted by atomic mass is 16.6. The highest BCUT2D eigenvalue weighted by Gasteiger charge is 2.57. The lowest BCUT2D eigenvalue weighted by atomic mass is 9.71. The number of carbonyl (C=O) groups excluding carboxylic acids is 2. The van der Waals surface area contributed by atoms with Crippen LogP contribution in [0.1, 0.15) is 49.2 Å². The molecule has 1 aromatic rings. The van der Waals surface area contributed by atoms with Gasteiger partial charge in [-0.1, -0.05) is 36.4 Å². The Morgan fingerprint density at radius 3 is 2.77 bits per heavy atom. The molecule has 2 aliphatic rings. The van der Waals surface area contributed by atoms with Crippen molar-refractivity contribution in [2.45, 2.75) is 44.8 Å². The Kier molecular flexibility index (Phi) is 4.76. The highest BCUT2D eigenvalue weighted by molar-refractivity contribution is 6.03. The molecule has 5 heteroatoms. The number of rotatable bonds is 3. The van der Waals surface area contributed by atoms with E-state index in [1.165, 1.54) is 0 Å². The van der Waals surface area contributed by atoms with Gasteiger partial charge in [0.15, 0.2) is 0 Å². The molecule has 0 bridgehead atoms. The number of nitrogens with one attached hydrogen (secondary N) is 2. The van der Waals surface area contributed by atoms with E-state index in [0.29, 0.717) is 18.7 Å². The van der Waals surface area contributed by atoms with E-state index >= 15 is 0 Å². The summed E-state index contributed by atoms with van der Waals surface area (Å²) < 4.78 is 5.73. The van der Waals surface area contributed by atoms with Crippen LogP contribution in [0, 0.1) is 0 Å². The molecule has 2 aliphatic heterocycles. The van der Waals surface area contributed by atoms with Crippen molar-refractivity contribution < 1.29 is 14.3 Å². The third-order valence-corrected chi connectivity index (χ3v) is 4.78. The Morgan fingerprint density at radius 1 is 1.31 bits per heavy atom. The number of hydrogen-bond acceptors (Lipinski definition) is 4. The standard InChI is InChI=1S/C21H26N2O3/c1-5-6-7-8-14-9-10-16-15(11-14)18(24)23-17-12-22-13-21(16,17)19(25)26-20(2,3)4/h5-11,17,22H,12-13H2,1-4H3,(H,23,24). The summed E-state index contributed by atoms with van der Waals surface area (Å²) in [5.74, 6) is -0.437. The van der Waals surface area contributed by atoms with Gasteiger partial charge in [-0.15, -0.1) is 0 Å². The van der Waals surface area contributed by atoms with Crippen molar-refractivity contribution in [2.24, 2.45) is 0 Å². The zero-order valence-electron chi connectivity index (χ0n) is 15.8. The number of benzene rings is 1. The minimum Gasteiger partial charge on any atom is -0.459 e. The van der Waals surface area contributed by atoms with Crippen LogP contribution in [-0.4, -0.2) is 36.6 Å². The van der Waals surface area contributed by atoms with Crippen LogP contribution in [0.2, 0.25) is 0 Å². The molecule has 2 atom stereocenters. The summed E-state index contributed by atoms with van der Waals surface area (Å²) in [7, 11) is 0. The number of hydrogen-bond donors (Lipinski definition) is 2. The summed E-state index contributed by atoms with van der Waals surface area (Å²) in [5.41, 5.74) is 0.727. The van der Waals surface area contributed by atoms with Gasteiger partial charge in [-0.3, -0.25) is 9.59 Å². The lowest BCUT2D eigenvalue weighted by molar-refractivity contribution is -0.162. The van der Waals surface area contributed by atoms with Crippen LogP contribution in [0.25, 0.3) is 6.08 Å². The topological polar surface area (TPSA) is 67.4 Å². The lowest BCUT2D eigenvalue weighted by Gasteiger charge is -2.40. The maximum Gasteiger partial charge on any atom is 0.320 e.